The molecule has 0 aliphatic carbocycles. The van der Waals surface area contributed by atoms with Crippen LogP contribution >= 0.6 is 23.2 Å². The summed E-state index contributed by atoms with van der Waals surface area (Å²) in [4.78, 5) is 23.6. The number of carbonyl (C=O) groups is 2. The van der Waals surface area contributed by atoms with E-state index in [1.165, 1.54) is 0 Å². The van der Waals surface area contributed by atoms with Gasteiger partial charge in [-0.3, -0.25) is 4.79 Å². The second-order valence-electron chi connectivity index (χ2n) is 5.54. The molecule has 0 aromatic heterocycles. The molecule has 0 aliphatic heterocycles. The molecule has 0 fully saturated rings. The number of ether oxygens (including phenoxy) is 2. The van der Waals surface area contributed by atoms with Crippen molar-refractivity contribution in [2.75, 3.05) is 13.2 Å². The number of benzene rings is 2. The molecule has 0 saturated heterocycles. The van der Waals surface area contributed by atoms with Gasteiger partial charge < -0.3 is 14.8 Å². The van der Waals surface area contributed by atoms with Gasteiger partial charge in [-0.2, -0.15) is 5.26 Å². The summed E-state index contributed by atoms with van der Waals surface area (Å²) in [5.74, 6) is -0.742. The molecule has 0 saturated carbocycles. The van der Waals surface area contributed by atoms with E-state index in [1.807, 2.05) is 6.07 Å². The zero-order chi connectivity index (χ0) is 19.8. The summed E-state index contributed by atoms with van der Waals surface area (Å²) in [5.41, 5.74) is 1.18. The average molecular weight is 407 g/mol. The van der Waals surface area contributed by atoms with Gasteiger partial charge in [0.15, 0.2) is 13.2 Å². The number of halogens is 2. The first-order valence-corrected chi connectivity index (χ1v) is 8.67. The van der Waals surface area contributed by atoms with E-state index >= 15 is 0 Å². The van der Waals surface area contributed by atoms with Crippen LogP contribution in [0.5, 0.6) is 5.75 Å². The van der Waals surface area contributed by atoms with E-state index < -0.39 is 18.5 Å². The lowest BCUT2D eigenvalue weighted by molar-refractivity contribution is -0.150. The second-order valence-corrected chi connectivity index (χ2v) is 6.38. The fourth-order valence-electron chi connectivity index (χ4n) is 2.17. The Morgan fingerprint density at radius 1 is 1.15 bits per heavy atom. The Hall–Kier alpha value is -2.75. The van der Waals surface area contributed by atoms with Crippen LogP contribution in [0.25, 0.3) is 0 Å². The Morgan fingerprint density at radius 3 is 2.48 bits per heavy atom. The SMILES string of the molecule is C[C@@H](NC(=O)COC(=O)COc1ccc(C#N)cc1)c1ccc(Cl)cc1Cl. The Morgan fingerprint density at radius 2 is 1.85 bits per heavy atom. The first-order valence-electron chi connectivity index (χ1n) is 7.92. The summed E-state index contributed by atoms with van der Waals surface area (Å²) in [6.45, 7) is 0.964. The van der Waals surface area contributed by atoms with Crippen LogP contribution in [0.15, 0.2) is 42.5 Å². The molecule has 27 heavy (non-hydrogen) atoms. The van der Waals surface area contributed by atoms with E-state index in [1.54, 1.807) is 49.4 Å². The van der Waals surface area contributed by atoms with Crippen molar-refractivity contribution in [2.24, 2.45) is 0 Å². The van der Waals surface area contributed by atoms with Crippen LogP contribution in [0.4, 0.5) is 0 Å². The largest absolute Gasteiger partial charge is 0.482 e. The average Bonchev–Trinajstić information content (AvgIpc) is 2.65. The standard InChI is InChI=1S/C19H16Cl2N2O4/c1-12(16-7-4-14(20)8-17(16)21)23-18(24)10-27-19(25)11-26-15-5-2-13(9-22)3-6-15/h2-8,12H,10-11H2,1H3,(H,23,24)/t12-/m1/s1. The van der Waals surface area contributed by atoms with Crippen molar-refractivity contribution in [3.05, 3.63) is 63.6 Å². The number of carbonyl (C=O) groups excluding carboxylic acids is 2. The van der Waals surface area contributed by atoms with Crippen LogP contribution in [-0.4, -0.2) is 25.1 Å². The predicted octanol–water partition coefficient (Wildman–Crippen LogP) is 3.66. The topological polar surface area (TPSA) is 88.4 Å². The first kappa shape index (κ1) is 20.6. The Kier molecular flexibility index (Phi) is 7.47. The van der Waals surface area contributed by atoms with E-state index in [2.05, 4.69) is 5.32 Å². The number of nitriles is 1. The molecule has 1 atom stereocenters. The van der Waals surface area contributed by atoms with E-state index in [0.29, 0.717) is 26.9 Å². The van der Waals surface area contributed by atoms with Gasteiger partial charge >= 0.3 is 5.97 Å². The van der Waals surface area contributed by atoms with Gasteiger partial charge in [-0.1, -0.05) is 29.3 Å². The maximum Gasteiger partial charge on any atom is 0.344 e. The summed E-state index contributed by atoms with van der Waals surface area (Å²) in [5, 5.41) is 12.3. The third-order valence-electron chi connectivity index (χ3n) is 3.51. The van der Waals surface area contributed by atoms with Crippen molar-refractivity contribution in [3.63, 3.8) is 0 Å². The highest BCUT2D eigenvalue weighted by molar-refractivity contribution is 6.35. The summed E-state index contributed by atoms with van der Waals surface area (Å²) >= 11 is 11.9. The number of esters is 1. The molecular formula is C19H16Cl2N2O4. The van der Waals surface area contributed by atoms with Gasteiger partial charge in [0.25, 0.3) is 5.91 Å². The molecule has 0 unspecified atom stereocenters. The van der Waals surface area contributed by atoms with Crippen LogP contribution in [0.2, 0.25) is 10.0 Å². The molecule has 140 valence electrons. The van der Waals surface area contributed by atoms with Gasteiger partial charge in [-0.15, -0.1) is 0 Å². The lowest BCUT2D eigenvalue weighted by Gasteiger charge is -2.16. The van der Waals surface area contributed by atoms with Crippen molar-refractivity contribution < 1.29 is 19.1 Å². The van der Waals surface area contributed by atoms with Crippen LogP contribution in [0, 0.1) is 11.3 Å². The van der Waals surface area contributed by atoms with Crippen LogP contribution in [0.1, 0.15) is 24.1 Å². The highest BCUT2D eigenvalue weighted by atomic mass is 35.5. The summed E-state index contributed by atoms with van der Waals surface area (Å²) < 4.78 is 10.1. The lowest BCUT2D eigenvalue weighted by atomic mass is 10.1. The Balaban J connectivity index is 1.75. The third kappa shape index (κ3) is 6.48. The van der Waals surface area contributed by atoms with E-state index in [-0.39, 0.29) is 12.6 Å². The normalized spacial score (nSPS) is 11.2. The number of nitrogens with zero attached hydrogens (tertiary/aromatic N) is 1. The molecule has 0 aliphatic rings. The number of hydrogen-bond acceptors (Lipinski definition) is 5. The fraction of sp³-hybridized carbons (Fsp3) is 0.211. The molecule has 8 heteroatoms. The van der Waals surface area contributed by atoms with E-state index in [4.69, 9.17) is 37.9 Å². The Labute approximate surface area is 166 Å². The van der Waals surface area contributed by atoms with Gasteiger partial charge in [-0.05, 0) is 48.9 Å². The van der Waals surface area contributed by atoms with Crippen molar-refractivity contribution >= 4 is 35.1 Å². The molecule has 2 aromatic carbocycles. The number of rotatable bonds is 7. The highest BCUT2D eigenvalue weighted by Gasteiger charge is 2.14. The minimum atomic E-state index is -0.688. The second kappa shape index (κ2) is 9.81. The minimum Gasteiger partial charge on any atom is -0.482 e. The number of hydrogen-bond donors (Lipinski definition) is 1. The Bertz CT molecular complexity index is 863. The third-order valence-corrected chi connectivity index (χ3v) is 4.07. The van der Waals surface area contributed by atoms with Crippen molar-refractivity contribution in [2.45, 2.75) is 13.0 Å². The molecule has 1 N–H and O–H groups in total. The van der Waals surface area contributed by atoms with Crippen molar-refractivity contribution in [3.8, 4) is 11.8 Å². The van der Waals surface area contributed by atoms with E-state index in [9.17, 15) is 9.59 Å². The maximum atomic E-state index is 11.9. The molecule has 1 amide bonds. The fourth-order valence-corrected chi connectivity index (χ4v) is 2.74. The predicted molar refractivity (Wildman–Crippen MR) is 101 cm³/mol. The number of amides is 1. The van der Waals surface area contributed by atoms with Gasteiger partial charge in [0.2, 0.25) is 0 Å². The van der Waals surface area contributed by atoms with Crippen molar-refractivity contribution in [1.29, 1.82) is 5.26 Å². The van der Waals surface area contributed by atoms with Gasteiger partial charge in [0, 0.05) is 10.0 Å². The van der Waals surface area contributed by atoms with Gasteiger partial charge in [0.05, 0.1) is 17.7 Å². The molecule has 2 rings (SSSR count). The molecule has 0 bridgehead atoms. The minimum absolute atomic E-state index is 0.349. The summed E-state index contributed by atoms with van der Waals surface area (Å²) in [6.07, 6.45) is 0. The van der Waals surface area contributed by atoms with Crippen molar-refractivity contribution in [1.82, 2.24) is 5.32 Å². The van der Waals surface area contributed by atoms with Gasteiger partial charge in [-0.25, -0.2) is 4.79 Å². The summed E-state index contributed by atoms with van der Waals surface area (Å²) in [6, 6.07) is 12.8. The lowest BCUT2D eigenvalue weighted by Crippen LogP contribution is -2.32. The molecular weight excluding hydrogens is 391 g/mol. The van der Waals surface area contributed by atoms with Crippen LogP contribution in [0.3, 0.4) is 0 Å². The number of nitrogens with one attached hydrogen (secondary N) is 1. The zero-order valence-corrected chi connectivity index (χ0v) is 15.9. The quantitative estimate of drug-likeness (QED) is 0.708. The smallest absolute Gasteiger partial charge is 0.344 e. The molecule has 0 spiro atoms. The maximum absolute atomic E-state index is 11.9. The van der Waals surface area contributed by atoms with Crippen LogP contribution in [-0.2, 0) is 14.3 Å². The molecule has 6 nitrogen and oxygen atoms in total. The molecule has 2 aromatic rings. The summed E-state index contributed by atoms with van der Waals surface area (Å²) in [7, 11) is 0. The monoisotopic (exact) mass is 406 g/mol. The van der Waals surface area contributed by atoms with Gasteiger partial charge in [0.1, 0.15) is 5.75 Å². The first-order chi connectivity index (χ1) is 12.9. The molecule has 0 heterocycles. The zero-order valence-electron chi connectivity index (χ0n) is 14.4. The van der Waals surface area contributed by atoms with Crippen LogP contribution < -0.4 is 10.1 Å². The highest BCUT2D eigenvalue weighted by Crippen LogP contribution is 2.25. The van der Waals surface area contributed by atoms with E-state index in [0.717, 1.165) is 0 Å². The molecule has 0 radical (unpaired) electrons.